The molecule has 0 aliphatic carbocycles. The molecule has 8 heteroatoms. The lowest BCUT2D eigenvalue weighted by Crippen LogP contribution is -2.63. The first-order chi connectivity index (χ1) is 7.51. The van der Waals surface area contributed by atoms with E-state index in [1.165, 1.54) is 0 Å². The number of alkyl halides is 1. The van der Waals surface area contributed by atoms with E-state index in [9.17, 15) is 20.1 Å². The van der Waals surface area contributed by atoms with Crippen LogP contribution in [0.3, 0.4) is 0 Å². The summed E-state index contributed by atoms with van der Waals surface area (Å²) in [5.41, 5.74) is 0. The van der Waals surface area contributed by atoms with Crippen LogP contribution < -0.4 is 5.32 Å². The molecule has 7 nitrogen and oxygen atoms in total. The molecule has 0 aromatic carbocycles. The molecule has 0 radical (unpaired) electrons. The zero-order valence-corrected chi connectivity index (χ0v) is 10.4. The molecule has 3 unspecified atom stereocenters. The summed E-state index contributed by atoms with van der Waals surface area (Å²) in [6.07, 6.45) is -6.43. The van der Waals surface area contributed by atoms with Gasteiger partial charge in [-0.25, -0.2) is 0 Å². The normalized spacial score (nSPS) is 39.4. The molecular weight excluding hydrogens is 333 g/mol. The minimum absolute atomic E-state index is 0.173. The van der Waals surface area contributed by atoms with Gasteiger partial charge < -0.3 is 30.5 Å². The van der Waals surface area contributed by atoms with Crippen molar-refractivity contribution in [1.29, 1.82) is 0 Å². The highest BCUT2D eigenvalue weighted by Crippen LogP contribution is 2.19. The van der Waals surface area contributed by atoms with Gasteiger partial charge in [-0.1, -0.05) is 22.6 Å². The molecular formula is C8H14INO6. The maximum atomic E-state index is 11.1. The van der Waals surface area contributed by atoms with Crippen LogP contribution in [0.25, 0.3) is 0 Å². The van der Waals surface area contributed by atoms with Crippen LogP contribution in [-0.4, -0.2) is 68.0 Å². The zero-order valence-electron chi connectivity index (χ0n) is 8.28. The van der Waals surface area contributed by atoms with Crippen LogP contribution in [0.2, 0.25) is 0 Å². The second-order valence-corrected chi connectivity index (χ2v) is 4.21. The predicted molar refractivity (Wildman–Crippen MR) is 60.8 cm³/mol. The molecule has 94 valence electrons. The van der Waals surface area contributed by atoms with Gasteiger partial charge in [0.2, 0.25) is 5.91 Å². The third kappa shape index (κ3) is 3.02. The number of nitrogens with one attached hydrogen (secondary N) is 1. The summed E-state index contributed by atoms with van der Waals surface area (Å²) in [5.74, 6) is -0.370. The molecule has 0 spiro atoms. The van der Waals surface area contributed by atoms with Gasteiger partial charge in [-0.15, -0.1) is 0 Å². The van der Waals surface area contributed by atoms with Gasteiger partial charge in [0, 0.05) is 0 Å². The second kappa shape index (κ2) is 6.07. The number of aliphatic hydroxyl groups is 4. The van der Waals surface area contributed by atoms with Crippen LogP contribution in [-0.2, 0) is 9.53 Å². The highest BCUT2D eigenvalue weighted by Gasteiger charge is 2.43. The Morgan fingerprint density at radius 2 is 1.88 bits per heavy atom. The Kier molecular flexibility index (Phi) is 5.34. The van der Waals surface area contributed by atoms with Crippen molar-refractivity contribution in [1.82, 2.24) is 5.32 Å². The van der Waals surface area contributed by atoms with Crippen molar-refractivity contribution >= 4 is 28.5 Å². The van der Waals surface area contributed by atoms with Gasteiger partial charge in [0.05, 0.1) is 11.0 Å². The monoisotopic (exact) mass is 347 g/mol. The number of carbonyl (C=O) groups is 1. The Balaban J connectivity index is 2.67. The molecule has 16 heavy (non-hydrogen) atoms. The summed E-state index contributed by atoms with van der Waals surface area (Å²) in [5, 5.41) is 39.6. The van der Waals surface area contributed by atoms with Gasteiger partial charge in [-0.2, -0.15) is 0 Å². The summed E-state index contributed by atoms with van der Waals surface area (Å²) >= 11 is 1.83. The number of ether oxygens (including phenoxy) is 1. The Morgan fingerprint density at radius 1 is 1.25 bits per heavy atom. The summed E-state index contributed by atoms with van der Waals surface area (Å²) < 4.78 is 5.23. The topological polar surface area (TPSA) is 119 Å². The van der Waals surface area contributed by atoms with Gasteiger partial charge in [-0.3, -0.25) is 4.79 Å². The lowest BCUT2D eigenvalue weighted by molar-refractivity contribution is -0.235. The van der Waals surface area contributed by atoms with E-state index in [1.54, 1.807) is 0 Å². The molecule has 0 saturated carbocycles. The average molecular weight is 347 g/mol. The molecule has 5 N–H and O–H groups in total. The van der Waals surface area contributed by atoms with E-state index >= 15 is 0 Å². The van der Waals surface area contributed by atoms with Gasteiger partial charge in [0.1, 0.15) is 24.4 Å². The Bertz CT molecular complexity index is 251. The predicted octanol–water partition coefficient (Wildman–Crippen LogP) is -2.66. The van der Waals surface area contributed by atoms with Crippen LogP contribution in [0.15, 0.2) is 0 Å². The van der Waals surface area contributed by atoms with Crippen molar-refractivity contribution in [3.05, 3.63) is 0 Å². The number of amides is 1. The van der Waals surface area contributed by atoms with Gasteiger partial charge in [-0.05, 0) is 0 Å². The smallest absolute Gasteiger partial charge is 0.231 e. The van der Waals surface area contributed by atoms with Crippen molar-refractivity contribution in [2.24, 2.45) is 0 Å². The molecule has 0 bridgehead atoms. The molecule has 1 amide bonds. The number of rotatable bonds is 3. The fourth-order valence-electron chi connectivity index (χ4n) is 1.42. The fourth-order valence-corrected chi connectivity index (χ4v) is 1.64. The van der Waals surface area contributed by atoms with Crippen molar-refractivity contribution < 1.29 is 30.0 Å². The standard InChI is InChI=1S/C8H14INO6/c9-1-4(12)10-8-7(15)6(14)5(13)3(2-11)16-8/h3,5-8,11,13-15H,1-2H2,(H,10,12)/t3?,5-,6?,7?,8+/m0/s1. The molecule has 1 saturated heterocycles. The molecule has 1 aliphatic heterocycles. The summed E-state index contributed by atoms with van der Waals surface area (Å²) in [6, 6.07) is 0. The molecule has 1 fully saturated rings. The maximum Gasteiger partial charge on any atom is 0.231 e. The highest BCUT2D eigenvalue weighted by molar-refractivity contribution is 14.1. The average Bonchev–Trinajstić information content (AvgIpc) is 2.29. The van der Waals surface area contributed by atoms with E-state index in [0.717, 1.165) is 0 Å². The Labute approximate surface area is 106 Å². The molecule has 5 atom stereocenters. The molecule has 1 aliphatic rings. The van der Waals surface area contributed by atoms with Crippen LogP contribution in [0.5, 0.6) is 0 Å². The summed E-state index contributed by atoms with van der Waals surface area (Å²) in [4.78, 5) is 11.1. The minimum atomic E-state index is -1.47. The molecule has 1 heterocycles. The molecule has 0 aromatic rings. The number of hydrogen-bond donors (Lipinski definition) is 5. The summed E-state index contributed by atoms with van der Waals surface area (Å²) in [7, 11) is 0. The fraction of sp³-hybridized carbons (Fsp3) is 0.875. The van der Waals surface area contributed by atoms with E-state index < -0.39 is 37.3 Å². The first-order valence-electron chi connectivity index (χ1n) is 4.67. The van der Waals surface area contributed by atoms with Crippen molar-refractivity contribution in [2.45, 2.75) is 30.6 Å². The van der Waals surface area contributed by atoms with Gasteiger partial charge in [0.25, 0.3) is 0 Å². The Hall–Kier alpha value is -0.0000000000000000694. The van der Waals surface area contributed by atoms with Crippen molar-refractivity contribution in [2.75, 3.05) is 11.0 Å². The quantitative estimate of drug-likeness (QED) is 0.281. The van der Waals surface area contributed by atoms with E-state index in [1.807, 2.05) is 22.6 Å². The van der Waals surface area contributed by atoms with Crippen LogP contribution in [0.4, 0.5) is 0 Å². The number of halogens is 1. The van der Waals surface area contributed by atoms with Crippen molar-refractivity contribution in [3.63, 3.8) is 0 Å². The lowest BCUT2D eigenvalue weighted by Gasteiger charge is -2.40. The van der Waals surface area contributed by atoms with Crippen LogP contribution >= 0.6 is 22.6 Å². The maximum absolute atomic E-state index is 11.1. The molecule has 1 rings (SSSR count). The third-order valence-electron chi connectivity index (χ3n) is 2.32. The summed E-state index contributed by atoms with van der Waals surface area (Å²) in [6.45, 7) is -0.512. The number of aliphatic hydroxyl groups excluding tert-OH is 4. The molecule has 0 aromatic heterocycles. The Morgan fingerprint density at radius 3 is 2.38 bits per heavy atom. The zero-order chi connectivity index (χ0) is 12.3. The SMILES string of the molecule is O=C(CI)N[C@@H]1OC(CO)[C@H](O)C(O)C1O. The van der Waals surface area contributed by atoms with Crippen LogP contribution in [0.1, 0.15) is 0 Å². The second-order valence-electron chi connectivity index (χ2n) is 3.45. The first kappa shape index (κ1) is 14.1. The number of hydrogen-bond acceptors (Lipinski definition) is 6. The van der Waals surface area contributed by atoms with Crippen molar-refractivity contribution in [3.8, 4) is 0 Å². The first-order valence-corrected chi connectivity index (χ1v) is 6.19. The van der Waals surface area contributed by atoms with Gasteiger partial charge in [0.15, 0.2) is 6.23 Å². The largest absolute Gasteiger partial charge is 0.394 e. The van der Waals surface area contributed by atoms with E-state index in [4.69, 9.17) is 9.84 Å². The lowest BCUT2D eigenvalue weighted by atomic mass is 9.98. The van der Waals surface area contributed by atoms with E-state index in [0.29, 0.717) is 0 Å². The van der Waals surface area contributed by atoms with E-state index in [2.05, 4.69) is 5.32 Å². The van der Waals surface area contributed by atoms with E-state index in [-0.39, 0.29) is 10.3 Å². The third-order valence-corrected chi connectivity index (χ3v) is 3.01. The number of carbonyl (C=O) groups excluding carboxylic acids is 1. The minimum Gasteiger partial charge on any atom is -0.394 e. The highest BCUT2D eigenvalue weighted by atomic mass is 127. The van der Waals surface area contributed by atoms with Crippen LogP contribution in [0, 0.1) is 0 Å². The van der Waals surface area contributed by atoms with Gasteiger partial charge >= 0.3 is 0 Å².